The van der Waals surface area contributed by atoms with E-state index in [-0.39, 0.29) is 24.0 Å². The van der Waals surface area contributed by atoms with E-state index in [0.29, 0.717) is 5.92 Å². The number of aromatic nitrogens is 2. The van der Waals surface area contributed by atoms with Crippen molar-refractivity contribution >= 4 is 41.3 Å². The molecule has 0 aliphatic heterocycles. The van der Waals surface area contributed by atoms with Gasteiger partial charge in [0, 0.05) is 49.7 Å². The first-order valence-corrected chi connectivity index (χ1v) is 7.52. The van der Waals surface area contributed by atoms with Gasteiger partial charge in [-0.05, 0) is 11.4 Å². The second-order valence-corrected chi connectivity index (χ2v) is 5.72. The van der Waals surface area contributed by atoms with Crippen LogP contribution in [0.2, 0.25) is 0 Å². The molecule has 0 saturated heterocycles. The second kappa shape index (κ2) is 9.04. The Balaban J connectivity index is 0.00000220. The number of guanidine groups is 1. The number of rotatable bonds is 5. The summed E-state index contributed by atoms with van der Waals surface area (Å²) in [7, 11) is 3.70. The van der Waals surface area contributed by atoms with Crippen LogP contribution in [0, 0.1) is 0 Å². The van der Waals surface area contributed by atoms with Crippen LogP contribution >= 0.6 is 35.3 Å². The van der Waals surface area contributed by atoms with Gasteiger partial charge in [-0.1, -0.05) is 13.0 Å². The summed E-state index contributed by atoms with van der Waals surface area (Å²) >= 11 is 1.79. The molecule has 0 aliphatic rings. The van der Waals surface area contributed by atoms with Crippen LogP contribution in [0.3, 0.4) is 0 Å². The second-order valence-electron chi connectivity index (χ2n) is 4.75. The molecule has 0 bridgehead atoms. The van der Waals surface area contributed by atoms with Gasteiger partial charge in [0.2, 0.25) is 0 Å². The maximum absolute atomic E-state index is 4.23. The summed E-state index contributed by atoms with van der Waals surface area (Å²) in [5.41, 5.74) is 1.14. The van der Waals surface area contributed by atoms with Crippen molar-refractivity contribution in [2.24, 2.45) is 12.0 Å². The lowest BCUT2D eigenvalue weighted by Crippen LogP contribution is -2.38. The number of halogens is 1. The molecule has 0 saturated carbocycles. The zero-order valence-corrected chi connectivity index (χ0v) is 15.7. The smallest absolute Gasteiger partial charge is 0.191 e. The van der Waals surface area contributed by atoms with E-state index in [1.165, 1.54) is 4.88 Å². The standard InChI is InChI=1S/C14H21N5S.HI/c1-11(13-5-4-6-20-13)7-16-14(15-2)17-8-12-9-18-19(3)10-12;/h4-6,9-11H,7-8H2,1-3H3,(H2,15,16,17);1H. The molecule has 0 fully saturated rings. The van der Waals surface area contributed by atoms with E-state index in [0.717, 1.165) is 24.6 Å². The molecule has 0 spiro atoms. The molecule has 116 valence electrons. The fraction of sp³-hybridized carbons (Fsp3) is 0.429. The Hall–Kier alpha value is -1.09. The van der Waals surface area contributed by atoms with Gasteiger partial charge in [0.25, 0.3) is 0 Å². The Bertz CT molecular complexity index is 549. The van der Waals surface area contributed by atoms with Gasteiger partial charge in [0.1, 0.15) is 0 Å². The molecule has 1 unspecified atom stereocenters. The zero-order chi connectivity index (χ0) is 14.4. The quantitative estimate of drug-likeness (QED) is 0.445. The topological polar surface area (TPSA) is 54.2 Å². The van der Waals surface area contributed by atoms with Gasteiger partial charge >= 0.3 is 0 Å². The average Bonchev–Trinajstić information content (AvgIpc) is 3.10. The SMILES string of the molecule is CN=C(NCc1cnn(C)c1)NCC(C)c1cccs1.I. The normalized spacial score (nSPS) is 12.6. The Morgan fingerprint density at radius 3 is 2.86 bits per heavy atom. The van der Waals surface area contributed by atoms with Crippen molar-refractivity contribution in [2.75, 3.05) is 13.6 Å². The maximum atomic E-state index is 4.23. The third-order valence-electron chi connectivity index (χ3n) is 3.05. The first-order chi connectivity index (χ1) is 9.69. The number of thiophene rings is 1. The molecular formula is C14H22IN5S. The molecule has 0 radical (unpaired) electrons. The van der Waals surface area contributed by atoms with E-state index in [1.807, 2.05) is 19.4 Å². The molecular weight excluding hydrogens is 397 g/mol. The Labute approximate surface area is 146 Å². The molecule has 2 rings (SSSR count). The molecule has 0 aliphatic carbocycles. The van der Waals surface area contributed by atoms with Crippen LogP contribution in [0.5, 0.6) is 0 Å². The van der Waals surface area contributed by atoms with E-state index in [1.54, 1.807) is 23.1 Å². The lowest BCUT2D eigenvalue weighted by Gasteiger charge is -2.14. The number of nitrogens with one attached hydrogen (secondary N) is 2. The minimum Gasteiger partial charge on any atom is -0.356 e. The van der Waals surface area contributed by atoms with Crippen LogP contribution in [-0.4, -0.2) is 29.3 Å². The molecule has 2 heterocycles. The Morgan fingerprint density at radius 2 is 2.29 bits per heavy atom. The minimum absolute atomic E-state index is 0. The van der Waals surface area contributed by atoms with Crippen molar-refractivity contribution in [1.29, 1.82) is 0 Å². The lowest BCUT2D eigenvalue weighted by molar-refractivity contribution is 0.708. The molecule has 7 heteroatoms. The highest BCUT2D eigenvalue weighted by Gasteiger charge is 2.07. The number of aryl methyl sites for hydroxylation is 1. The van der Waals surface area contributed by atoms with Crippen molar-refractivity contribution < 1.29 is 0 Å². The summed E-state index contributed by atoms with van der Waals surface area (Å²) in [6.45, 7) is 3.81. The van der Waals surface area contributed by atoms with Gasteiger partial charge in [0.15, 0.2) is 5.96 Å². The fourth-order valence-corrected chi connectivity index (χ4v) is 2.68. The lowest BCUT2D eigenvalue weighted by atomic mass is 10.1. The van der Waals surface area contributed by atoms with E-state index in [4.69, 9.17) is 0 Å². The van der Waals surface area contributed by atoms with Crippen LogP contribution in [-0.2, 0) is 13.6 Å². The Kier molecular flexibility index (Phi) is 7.73. The van der Waals surface area contributed by atoms with Crippen molar-refractivity contribution in [3.05, 3.63) is 40.3 Å². The third-order valence-corrected chi connectivity index (χ3v) is 4.15. The number of hydrogen-bond donors (Lipinski definition) is 2. The van der Waals surface area contributed by atoms with E-state index < -0.39 is 0 Å². The first-order valence-electron chi connectivity index (χ1n) is 6.64. The molecule has 2 aromatic heterocycles. The molecule has 21 heavy (non-hydrogen) atoms. The molecule has 0 amide bonds. The predicted octanol–water partition coefficient (Wildman–Crippen LogP) is 2.57. The Morgan fingerprint density at radius 1 is 1.48 bits per heavy atom. The van der Waals surface area contributed by atoms with Crippen LogP contribution in [0.1, 0.15) is 23.3 Å². The van der Waals surface area contributed by atoms with Crippen molar-refractivity contribution in [1.82, 2.24) is 20.4 Å². The number of aliphatic imine (C=N–C) groups is 1. The summed E-state index contributed by atoms with van der Waals surface area (Å²) in [6, 6.07) is 4.26. The molecule has 0 aromatic carbocycles. The molecule has 2 aromatic rings. The van der Waals surface area contributed by atoms with E-state index in [2.05, 4.69) is 45.2 Å². The van der Waals surface area contributed by atoms with Gasteiger partial charge in [-0.3, -0.25) is 9.67 Å². The number of hydrogen-bond acceptors (Lipinski definition) is 3. The van der Waals surface area contributed by atoms with Crippen LogP contribution in [0.15, 0.2) is 34.9 Å². The molecule has 5 nitrogen and oxygen atoms in total. The summed E-state index contributed by atoms with van der Waals surface area (Å²) in [5.74, 6) is 1.30. The zero-order valence-electron chi connectivity index (χ0n) is 12.5. The minimum atomic E-state index is 0. The number of nitrogens with zero attached hydrogens (tertiary/aromatic N) is 3. The average molecular weight is 419 g/mol. The highest BCUT2D eigenvalue weighted by molar-refractivity contribution is 14.0. The predicted molar refractivity (Wildman–Crippen MR) is 99.6 cm³/mol. The largest absolute Gasteiger partial charge is 0.356 e. The summed E-state index contributed by atoms with van der Waals surface area (Å²) in [6.07, 6.45) is 3.85. The monoisotopic (exact) mass is 419 g/mol. The fourth-order valence-electron chi connectivity index (χ4n) is 1.89. The van der Waals surface area contributed by atoms with Crippen molar-refractivity contribution in [3.63, 3.8) is 0 Å². The van der Waals surface area contributed by atoms with Crippen molar-refractivity contribution in [2.45, 2.75) is 19.4 Å². The van der Waals surface area contributed by atoms with Crippen LogP contribution < -0.4 is 10.6 Å². The first kappa shape index (κ1) is 18.0. The maximum Gasteiger partial charge on any atom is 0.191 e. The molecule has 1 atom stereocenters. The van der Waals surface area contributed by atoms with Gasteiger partial charge in [0.05, 0.1) is 6.20 Å². The van der Waals surface area contributed by atoms with E-state index in [9.17, 15) is 0 Å². The van der Waals surface area contributed by atoms with Crippen LogP contribution in [0.25, 0.3) is 0 Å². The molecule has 2 N–H and O–H groups in total. The highest BCUT2D eigenvalue weighted by atomic mass is 127. The van der Waals surface area contributed by atoms with Gasteiger partial charge < -0.3 is 10.6 Å². The third kappa shape index (κ3) is 5.66. The van der Waals surface area contributed by atoms with E-state index >= 15 is 0 Å². The van der Waals surface area contributed by atoms with Crippen LogP contribution in [0.4, 0.5) is 0 Å². The summed E-state index contributed by atoms with van der Waals surface area (Å²) < 4.78 is 1.80. The van der Waals surface area contributed by atoms with Gasteiger partial charge in [-0.15, -0.1) is 35.3 Å². The van der Waals surface area contributed by atoms with Gasteiger partial charge in [-0.25, -0.2) is 0 Å². The van der Waals surface area contributed by atoms with Gasteiger partial charge in [-0.2, -0.15) is 5.10 Å². The summed E-state index contributed by atoms with van der Waals surface area (Å²) in [4.78, 5) is 5.62. The highest BCUT2D eigenvalue weighted by Crippen LogP contribution is 2.19. The van der Waals surface area contributed by atoms with Crippen molar-refractivity contribution in [3.8, 4) is 0 Å². The summed E-state index contributed by atoms with van der Waals surface area (Å²) in [5, 5.41) is 12.9.